The van der Waals surface area contributed by atoms with Gasteiger partial charge in [0.25, 0.3) is 0 Å². The molecule has 168 valence electrons. The number of para-hydroxylation sites is 1. The Kier molecular flexibility index (Phi) is 6.43. The molecule has 0 saturated carbocycles. The van der Waals surface area contributed by atoms with Crippen molar-refractivity contribution < 1.29 is 22.7 Å². The van der Waals surface area contributed by atoms with E-state index in [0.29, 0.717) is 19.3 Å². The summed E-state index contributed by atoms with van der Waals surface area (Å²) < 4.78 is 31.8. The molecule has 2 aliphatic heterocycles. The van der Waals surface area contributed by atoms with Crippen molar-refractivity contribution in [2.75, 3.05) is 25.1 Å². The summed E-state index contributed by atoms with van der Waals surface area (Å²) in [5.74, 6) is -0.944. The first-order chi connectivity index (χ1) is 15.4. The zero-order chi connectivity index (χ0) is 22.7. The summed E-state index contributed by atoms with van der Waals surface area (Å²) in [6.45, 7) is 0.520. The van der Waals surface area contributed by atoms with E-state index < -0.39 is 22.0 Å². The molecular weight excluding hydrogens is 428 g/mol. The largest absolute Gasteiger partial charge is 0.467 e. The lowest BCUT2D eigenvalue weighted by atomic mass is 9.96. The maximum Gasteiger partial charge on any atom is 0.329 e. The highest BCUT2D eigenvalue weighted by Gasteiger charge is 2.42. The fourth-order valence-corrected chi connectivity index (χ4v) is 5.57. The molecule has 7 nitrogen and oxygen atoms in total. The molecule has 32 heavy (non-hydrogen) atoms. The highest BCUT2D eigenvalue weighted by Crippen LogP contribution is 2.35. The standard InChI is InChI=1S/C24H26N2O5S/c1-31-24(28)22-17-20-9-5-6-10-21(20)26(22)23(27)19-11-14-25(15-12-19)32(29,30)16-13-18-7-3-2-4-8-18/h2-10,13,16,19,22H,11-12,14-15,17H2,1H3/b16-13+. The van der Waals surface area contributed by atoms with Gasteiger partial charge in [-0.05, 0) is 36.1 Å². The Bertz CT molecular complexity index is 1120. The first kappa shape index (κ1) is 22.2. The minimum Gasteiger partial charge on any atom is -0.467 e. The molecule has 0 bridgehead atoms. The van der Waals surface area contributed by atoms with Crippen LogP contribution >= 0.6 is 0 Å². The third-order valence-corrected chi connectivity index (χ3v) is 7.65. The molecule has 2 aromatic carbocycles. The Morgan fingerprint density at radius 3 is 2.34 bits per heavy atom. The van der Waals surface area contributed by atoms with E-state index in [1.165, 1.54) is 16.8 Å². The third kappa shape index (κ3) is 4.47. The lowest BCUT2D eigenvalue weighted by Crippen LogP contribution is -2.49. The van der Waals surface area contributed by atoms with Crippen LogP contribution in [0, 0.1) is 5.92 Å². The number of piperidine rings is 1. The van der Waals surface area contributed by atoms with Crippen molar-refractivity contribution >= 4 is 33.7 Å². The number of ether oxygens (including phenoxy) is 1. The SMILES string of the molecule is COC(=O)C1Cc2ccccc2N1C(=O)C1CCN(S(=O)(=O)/C=C/c2ccccc2)CC1. The monoisotopic (exact) mass is 454 g/mol. The quantitative estimate of drug-likeness (QED) is 0.649. The number of amides is 1. The van der Waals surface area contributed by atoms with Crippen molar-refractivity contribution in [3.63, 3.8) is 0 Å². The number of anilines is 1. The highest BCUT2D eigenvalue weighted by atomic mass is 32.2. The van der Waals surface area contributed by atoms with Crippen molar-refractivity contribution in [3.05, 3.63) is 71.1 Å². The summed E-state index contributed by atoms with van der Waals surface area (Å²) >= 11 is 0. The Labute approximate surface area is 188 Å². The van der Waals surface area contributed by atoms with E-state index in [0.717, 1.165) is 16.8 Å². The van der Waals surface area contributed by atoms with Crippen LogP contribution in [0.3, 0.4) is 0 Å². The summed E-state index contributed by atoms with van der Waals surface area (Å²) in [6, 6.07) is 16.0. The predicted octanol–water partition coefficient (Wildman–Crippen LogP) is 2.83. The molecule has 8 heteroatoms. The number of methoxy groups -OCH3 is 1. The molecule has 1 amide bonds. The number of fused-ring (bicyclic) bond motifs is 1. The van der Waals surface area contributed by atoms with Crippen LogP contribution in [-0.4, -0.2) is 50.8 Å². The summed E-state index contributed by atoms with van der Waals surface area (Å²) in [6.07, 6.45) is 2.81. The summed E-state index contributed by atoms with van der Waals surface area (Å²) in [7, 11) is -2.25. The molecule has 1 atom stereocenters. The first-order valence-electron chi connectivity index (χ1n) is 10.6. The second-order valence-corrected chi connectivity index (χ2v) is 9.83. The van der Waals surface area contributed by atoms with E-state index in [1.807, 2.05) is 54.6 Å². The number of nitrogens with zero attached hydrogens (tertiary/aromatic N) is 2. The number of benzene rings is 2. The number of carbonyl (C=O) groups excluding carboxylic acids is 2. The third-order valence-electron chi connectivity index (χ3n) is 6.08. The Morgan fingerprint density at radius 1 is 1.00 bits per heavy atom. The summed E-state index contributed by atoms with van der Waals surface area (Å²) in [4.78, 5) is 27.3. The van der Waals surface area contributed by atoms with Crippen molar-refractivity contribution in [2.24, 2.45) is 5.92 Å². The number of rotatable bonds is 5. The maximum absolute atomic E-state index is 13.4. The van der Waals surface area contributed by atoms with E-state index in [2.05, 4.69) is 0 Å². The van der Waals surface area contributed by atoms with Gasteiger partial charge >= 0.3 is 5.97 Å². The van der Waals surface area contributed by atoms with E-state index in [-0.39, 0.29) is 24.9 Å². The normalized spacial score (nSPS) is 19.8. The maximum atomic E-state index is 13.4. The van der Waals surface area contributed by atoms with Gasteiger partial charge in [-0.3, -0.25) is 9.69 Å². The fourth-order valence-electron chi connectivity index (χ4n) is 4.35. The van der Waals surface area contributed by atoms with E-state index in [4.69, 9.17) is 4.74 Å². The van der Waals surface area contributed by atoms with Gasteiger partial charge < -0.3 is 4.74 Å². The van der Waals surface area contributed by atoms with Gasteiger partial charge in [0.2, 0.25) is 15.9 Å². The number of hydrogen-bond acceptors (Lipinski definition) is 5. The zero-order valence-electron chi connectivity index (χ0n) is 17.9. The van der Waals surface area contributed by atoms with Crippen LogP contribution < -0.4 is 4.90 Å². The van der Waals surface area contributed by atoms with Gasteiger partial charge in [-0.1, -0.05) is 48.5 Å². The Hall–Kier alpha value is -2.97. The van der Waals surface area contributed by atoms with Crippen molar-refractivity contribution in [2.45, 2.75) is 25.3 Å². The smallest absolute Gasteiger partial charge is 0.329 e. The van der Waals surface area contributed by atoms with Gasteiger partial charge in [0.15, 0.2) is 0 Å². The second kappa shape index (κ2) is 9.26. The number of hydrogen-bond donors (Lipinski definition) is 0. The topological polar surface area (TPSA) is 84.0 Å². The van der Waals surface area contributed by atoms with E-state index in [9.17, 15) is 18.0 Å². The van der Waals surface area contributed by atoms with Crippen LogP contribution in [0.15, 0.2) is 60.0 Å². The predicted molar refractivity (Wildman–Crippen MR) is 122 cm³/mol. The van der Waals surface area contributed by atoms with Crippen LogP contribution in [0.25, 0.3) is 6.08 Å². The van der Waals surface area contributed by atoms with Crippen LogP contribution in [0.1, 0.15) is 24.0 Å². The molecule has 1 unspecified atom stereocenters. The minimum absolute atomic E-state index is 0.151. The molecule has 1 saturated heterocycles. The Morgan fingerprint density at radius 2 is 1.66 bits per heavy atom. The van der Waals surface area contributed by atoms with Gasteiger partial charge in [0, 0.05) is 36.5 Å². The van der Waals surface area contributed by atoms with Crippen LogP contribution in [0.5, 0.6) is 0 Å². The molecule has 2 aromatic rings. The van der Waals surface area contributed by atoms with E-state index >= 15 is 0 Å². The molecule has 0 spiro atoms. The molecule has 0 N–H and O–H groups in total. The van der Waals surface area contributed by atoms with Gasteiger partial charge in [0.1, 0.15) is 6.04 Å². The van der Waals surface area contributed by atoms with E-state index in [1.54, 1.807) is 11.0 Å². The molecule has 0 radical (unpaired) electrons. The molecule has 4 rings (SSSR count). The van der Waals surface area contributed by atoms with Gasteiger partial charge in [0.05, 0.1) is 7.11 Å². The molecule has 2 aliphatic rings. The molecule has 0 aliphatic carbocycles. The minimum atomic E-state index is -3.57. The molecule has 2 heterocycles. The van der Waals surface area contributed by atoms with Gasteiger partial charge in [-0.25, -0.2) is 13.2 Å². The lowest BCUT2D eigenvalue weighted by Gasteiger charge is -2.33. The van der Waals surface area contributed by atoms with Crippen molar-refractivity contribution in [3.8, 4) is 0 Å². The highest BCUT2D eigenvalue weighted by molar-refractivity contribution is 7.92. The number of esters is 1. The fraction of sp³-hybridized carbons (Fsp3) is 0.333. The lowest BCUT2D eigenvalue weighted by molar-refractivity contribution is -0.143. The first-order valence-corrected chi connectivity index (χ1v) is 12.1. The van der Waals surface area contributed by atoms with Crippen molar-refractivity contribution in [1.29, 1.82) is 0 Å². The average Bonchev–Trinajstić information content (AvgIpc) is 3.22. The van der Waals surface area contributed by atoms with Gasteiger partial charge in [-0.15, -0.1) is 0 Å². The van der Waals surface area contributed by atoms with Crippen LogP contribution in [0.2, 0.25) is 0 Å². The molecule has 0 aromatic heterocycles. The Balaban J connectivity index is 1.45. The molecular formula is C24H26N2O5S. The number of carbonyl (C=O) groups is 2. The van der Waals surface area contributed by atoms with Crippen molar-refractivity contribution in [1.82, 2.24) is 4.31 Å². The molecule has 1 fully saturated rings. The summed E-state index contributed by atoms with van der Waals surface area (Å²) in [5, 5.41) is 1.22. The zero-order valence-corrected chi connectivity index (χ0v) is 18.7. The van der Waals surface area contributed by atoms with Crippen LogP contribution in [-0.2, 0) is 30.8 Å². The number of sulfonamides is 1. The summed E-state index contributed by atoms with van der Waals surface area (Å²) in [5.41, 5.74) is 2.47. The second-order valence-electron chi connectivity index (χ2n) is 8.01. The van der Waals surface area contributed by atoms with Gasteiger partial charge in [-0.2, -0.15) is 4.31 Å². The average molecular weight is 455 g/mol. The van der Waals surface area contributed by atoms with Crippen LogP contribution in [0.4, 0.5) is 5.69 Å².